The third-order valence-electron chi connectivity index (χ3n) is 6.53. The van der Waals surface area contributed by atoms with Crippen molar-refractivity contribution in [1.29, 1.82) is 0 Å². The highest BCUT2D eigenvalue weighted by molar-refractivity contribution is 5.98. The molecule has 2 fully saturated rings. The zero-order chi connectivity index (χ0) is 22.1. The van der Waals surface area contributed by atoms with Crippen LogP contribution in [-0.4, -0.2) is 68.4 Å². The topological polar surface area (TPSA) is 70.7 Å². The number of anilines is 2. The van der Waals surface area contributed by atoms with Gasteiger partial charge in [0.1, 0.15) is 11.5 Å². The van der Waals surface area contributed by atoms with Crippen molar-refractivity contribution in [2.75, 3.05) is 62.4 Å². The van der Waals surface area contributed by atoms with Crippen LogP contribution in [0.5, 0.6) is 0 Å². The van der Waals surface area contributed by atoms with Crippen LogP contribution in [0.3, 0.4) is 0 Å². The van der Waals surface area contributed by atoms with Crippen molar-refractivity contribution in [3.05, 3.63) is 52.8 Å². The lowest BCUT2D eigenvalue weighted by atomic mass is 10.0. The Balaban J connectivity index is 1.45. The van der Waals surface area contributed by atoms with E-state index in [0.29, 0.717) is 38.5 Å². The van der Waals surface area contributed by atoms with Crippen LogP contribution in [0.4, 0.5) is 11.5 Å². The van der Waals surface area contributed by atoms with Gasteiger partial charge in [0.05, 0.1) is 26.4 Å². The van der Waals surface area contributed by atoms with Gasteiger partial charge in [-0.05, 0) is 43.2 Å². The molecule has 0 saturated carbocycles. The number of aryl methyl sites for hydroxylation is 2. The van der Waals surface area contributed by atoms with Crippen LogP contribution >= 0.6 is 0 Å². The number of ether oxygens (including phenoxy) is 2. The highest BCUT2D eigenvalue weighted by Crippen LogP contribution is 2.26. The largest absolute Gasteiger partial charge is 0.378 e. The molecule has 2 saturated heterocycles. The number of rotatable bonds is 5. The van der Waals surface area contributed by atoms with E-state index in [9.17, 15) is 4.79 Å². The number of Topliss-reactive ketones (excluding diaryl/α,β-unsaturated/α-hetero) is 1. The van der Waals surface area contributed by atoms with Gasteiger partial charge in [0.25, 0.3) is 0 Å². The fourth-order valence-corrected chi connectivity index (χ4v) is 4.50. The van der Waals surface area contributed by atoms with Crippen LogP contribution in [-0.2, 0) is 15.9 Å². The number of hydrogen-bond donors (Lipinski definition) is 1. The second-order valence-electron chi connectivity index (χ2n) is 8.62. The van der Waals surface area contributed by atoms with E-state index in [4.69, 9.17) is 14.5 Å². The Hall–Kier alpha value is -2.90. The molecule has 3 aromatic rings. The van der Waals surface area contributed by atoms with E-state index in [0.717, 1.165) is 48.8 Å². The molecule has 168 valence electrons. The van der Waals surface area contributed by atoms with Gasteiger partial charge in [-0.25, -0.2) is 4.98 Å². The fraction of sp³-hybridized carbons (Fsp3) is 0.440. The van der Waals surface area contributed by atoms with E-state index in [-0.39, 0.29) is 5.78 Å². The van der Waals surface area contributed by atoms with Crippen LogP contribution in [0.25, 0.3) is 10.9 Å². The number of carbonyl (C=O) groups excluding carboxylic acids is 1. The molecular weight excluding hydrogens is 404 g/mol. The minimum Gasteiger partial charge on any atom is -0.378 e. The zero-order valence-electron chi connectivity index (χ0n) is 18.8. The summed E-state index contributed by atoms with van der Waals surface area (Å²) in [6, 6.07) is 10.3. The Kier molecular flexibility index (Phi) is 5.85. The van der Waals surface area contributed by atoms with Crippen LogP contribution in [0.1, 0.15) is 27.3 Å². The first-order valence-corrected chi connectivity index (χ1v) is 11.4. The lowest BCUT2D eigenvalue weighted by molar-refractivity contribution is 0.0988. The molecule has 7 nitrogen and oxygen atoms in total. The zero-order valence-corrected chi connectivity index (χ0v) is 18.8. The number of carbonyl (C=O) groups is 1. The van der Waals surface area contributed by atoms with Crippen LogP contribution in [0, 0.1) is 13.8 Å². The van der Waals surface area contributed by atoms with Gasteiger partial charge in [-0.15, -0.1) is 0 Å². The van der Waals surface area contributed by atoms with Gasteiger partial charge in [-0.3, -0.25) is 4.79 Å². The number of nitrogens with one attached hydrogen (secondary N) is 1. The predicted octanol–water partition coefficient (Wildman–Crippen LogP) is 3.28. The number of ketones is 1. The van der Waals surface area contributed by atoms with Crippen molar-refractivity contribution in [1.82, 2.24) is 9.97 Å². The SMILES string of the molecule is Cc1[nH]c2ccc(CC(=O)c3cc(N4CCOCC4)cc(N4CCOCC4)n3)cc2c1C. The van der Waals surface area contributed by atoms with Gasteiger partial charge in [-0.1, -0.05) is 6.07 Å². The maximum atomic E-state index is 13.4. The normalized spacial score (nSPS) is 17.2. The summed E-state index contributed by atoms with van der Waals surface area (Å²) in [5.41, 5.74) is 6.09. The lowest BCUT2D eigenvalue weighted by Crippen LogP contribution is -2.38. The van der Waals surface area contributed by atoms with Crippen molar-refractivity contribution in [3.63, 3.8) is 0 Å². The Morgan fingerprint density at radius 3 is 2.38 bits per heavy atom. The minimum absolute atomic E-state index is 0.0406. The Bertz CT molecular complexity index is 1090. The summed E-state index contributed by atoms with van der Waals surface area (Å²) >= 11 is 0. The molecule has 32 heavy (non-hydrogen) atoms. The smallest absolute Gasteiger partial charge is 0.185 e. The summed E-state index contributed by atoms with van der Waals surface area (Å²) in [5.74, 6) is 0.895. The Morgan fingerprint density at radius 1 is 0.969 bits per heavy atom. The van der Waals surface area contributed by atoms with Crippen molar-refractivity contribution in [3.8, 4) is 0 Å². The highest BCUT2D eigenvalue weighted by Gasteiger charge is 2.20. The summed E-state index contributed by atoms with van der Waals surface area (Å²) in [6.07, 6.45) is 0.335. The molecule has 0 atom stereocenters. The quantitative estimate of drug-likeness (QED) is 0.622. The van der Waals surface area contributed by atoms with E-state index in [1.54, 1.807) is 0 Å². The van der Waals surface area contributed by atoms with Crippen molar-refractivity contribution >= 4 is 28.2 Å². The maximum absolute atomic E-state index is 13.4. The monoisotopic (exact) mass is 434 g/mol. The van der Waals surface area contributed by atoms with Gasteiger partial charge in [-0.2, -0.15) is 0 Å². The average molecular weight is 435 g/mol. The first-order valence-electron chi connectivity index (χ1n) is 11.4. The van der Waals surface area contributed by atoms with E-state index >= 15 is 0 Å². The van der Waals surface area contributed by atoms with E-state index < -0.39 is 0 Å². The molecule has 0 aliphatic carbocycles. The first-order chi connectivity index (χ1) is 15.6. The summed E-state index contributed by atoms with van der Waals surface area (Å²) in [5, 5.41) is 1.18. The number of H-pyrrole nitrogens is 1. The number of fused-ring (bicyclic) bond motifs is 1. The molecule has 2 aliphatic rings. The molecule has 0 bridgehead atoms. The second kappa shape index (κ2) is 8.92. The number of morpholine rings is 2. The van der Waals surface area contributed by atoms with Crippen molar-refractivity contribution in [2.24, 2.45) is 0 Å². The molecule has 1 N–H and O–H groups in total. The highest BCUT2D eigenvalue weighted by atomic mass is 16.5. The van der Waals surface area contributed by atoms with Crippen LogP contribution in [0.15, 0.2) is 30.3 Å². The average Bonchev–Trinajstić information content (AvgIpc) is 3.13. The number of benzene rings is 1. The van der Waals surface area contributed by atoms with Crippen molar-refractivity contribution in [2.45, 2.75) is 20.3 Å². The number of aromatic nitrogens is 2. The molecule has 2 aliphatic heterocycles. The minimum atomic E-state index is 0.0406. The van der Waals surface area contributed by atoms with Gasteiger partial charge in [0.2, 0.25) is 0 Å². The molecule has 0 amide bonds. The molecule has 0 unspecified atom stereocenters. The van der Waals surface area contributed by atoms with Crippen LogP contribution in [0.2, 0.25) is 0 Å². The molecule has 0 radical (unpaired) electrons. The number of aromatic amines is 1. The number of nitrogens with zero attached hydrogens (tertiary/aromatic N) is 3. The van der Waals surface area contributed by atoms with E-state index in [1.165, 1.54) is 16.6 Å². The number of pyridine rings is 1. The van der Waals surface area contributed by atoms with Gasteiger partial charge >= 0.3 is 0 Å². The number of hydrogen-bond acceptors (Lipinski definition) is 6. The summed E-state index contributed by atoms with van der Waals surface area (Å²) in [7, 11) is 0. The molecule has 0 spiro atoms. The van der Waals surface area contributed by atoms with Crippen molar-refractivity contribution < 1.29 is 14.3 Å². The summed E-state index contributed by atoms with van der Waals surface area (Å²) in [6.45, 7) is 10.2. The van der Waals surface area contributed by atoms with Crippen LogP contribution < -0.4 is 9.80 Å². The summed E-state index contributed by atoms with van der Waals surface area (Å²) < 4.78 is 11.0. The standard InChI is InChI=1S/C25H30N4O3/c1-17-18(2)26-22-4-3-19(13-21(17)22)14-24(30)23-15-20(28-5-9-31-10-6-28)16-25(27-23)29-7-11-32-12-8-29/h3-4,13,15-16,26H,5-12,14H2,1-2H3. The maximum Gasteiger partial charge on any atom is 0.185 e. The third-order valence-corrected chi connectivity index (χ3v) is 6.53. The second-order valence-corrected chi connectivity index (χ2v) is 8.62. The molecule has 4 heterocycles. The fourth-order valence-electron chi connectivity index (χ4n) is 4.50. The molecule has 2 aromatic heterocycles. The van der Waals surface area contributed by atoms with E-state index in [2.05, 4.69) is 46.8 Å². The van der Waals surface area contributed by atoms with Gasteiger partial charge in [0, 0.05) is 61.0 Å². The first kappa shape index (κ1) is 21.0. The molecule has 7 heteroatoms. The summed E-state index contributed by atoms with van der Waals surface area (Å²) in [4.78, 5) is 26.0. The lowest BCUT2D eigenvalue weighted by Gasteiger charge is -2.32. The molecular formula is C25H30N4O3. The predicted molar refractivity (Wildman–Crippen MR) is 126 cm³/mol. The molecule has 1 aromatic carbocycles. The van der Waals surface area contributed by atoms with E-state index in [1.807, 2.05) is 12.1 Å². The Morgan fingerprint density at radius 2 is 1.66 bits per heavy atom. The van der Waals surface area contributed by atoms with Gasteiger partial charge < -0.3 is 24.3 Å². The third kappa shape index (κ3) is 4.23. The Labute approximate surface area is 188 Å². The molecule has 5 rings (SSSR count). The van der Waals surface area contributed by atoms with Gasteiger partial charge in [0.15, 0.2) is 5.78 Å².